The van der Waals surface area contributed by atoms with Gasteiger partial charge in [0, 0.05) is 24.0 Å². The summed E-state index contributed by atoms with van der Waals surface area (Å²) in [5, 5.41) is 0. The Hall–Kier alpha value is -3.14. The Kier molecular flexibility index (Phi) is 3.96. The Morgan fingerprint density at radius 2 is 1.00 bits per heavy atom. The molecule has 4 heteroatoms. The molecule has 130 valence electrons. The Morgan fingerprint density at radius 1 is 0.615 bits per heavy atom. The molecule has 2 aromatic heterocycles. The molecule has 0 fully saturated rings. The number of benzene rings is 2. The number of fused-ring (bicyclic) bond motifs is 1. The molecule has 0 spiro atoms. The highest BCUT2D eigenvalue weighted by Crippen LogP contribution is 2.18. The van der Waals surface area contributed by atoms with Crippen molar-refractivity contribution in [3.8, 4) is 0 Å². The summed E-state index contributed by atoms with van der Waals surface area (Å²) in [5.41, 5.74) is 4.85. The lowest BCUT2D eigenvalue weighted by Crippen LogP contribution is -2.23. The first-order chi connectivity index (χ1) is 12.6. The minimum atomic E-state index is -0.219. The fourth-order valence-corrected chi connectivity index (χ4v) is 3.55. The van der Waals surface area contributed by atoms with Gasteiger partial charge in [0.15, 0.2) is 0 Å². The summed E-state index contributed by atoms with van der Waals surface area (Å²) in [4.78, 5) is 25.4. The van der Waals surface area contributed by atoms with Crippen LogP contribution < -0.4 is 11.1 Å². The molecule has 0 atom stereocenters. The first-order valence-electron chi connectivity index (χ1n) is 8.74. The Balaban J connectivity index is 1.94. The van der Waals surface area contributed by atoms with Crippen LogP contribution in [0.2, 0.25) is 0 Å². The molecule has 0 N–H and O–H groups in total. The lowest BCUT2D eigenvalue weighted by Gasteiger charge is -2.07. The van der Waals surface area contributed by atoms with Gasteiger partial charge in [0.1, 0.15) is 0 Å². The van der Waals surface area contributed by atoms with Gasteiger partial charge in [0.25, 0.3) is 11.1 Å². The second-order valence-corrected chi connectivity index (χ2v) is 6.70. The van der Waals surface area contributed by atoms with Crippen LogP contribution in [0.25, 0.3) is 0 Å². The lowest BCUT2D eigenvalue weighted by molar-refractivity contribution is 0.744. The summed E-state index contributed by atoms with van der Waals surface area (Å²) in [5.74, 6) is 0. The third-order valence-corrected chi connectivity index (χ3v) is 5.03. The third-order valence-electron chi connectivity index (χ3n) is 5.03. The summed E-state index contributed by atoms with van der Waals surface area (Å²) >= 11 is 0. The van der Waals surface area contributed by atoms with Crippen molar-refractivity contribution >= 4 is 0 Å². The Bertz CT molecular complexity index is 1080. The van der Waals surface area contributed by atoms with Crippen molar-refractivity contribution in [1.82, 2.24) is 9.03 Å². The quantitative estimate of drug-likeness (QED) is 0.571. The van der Waals surface area contributed by atoms with Crippen molar-refractivity contribution in [2.75, 3.05) is 0 Å². The predicted octanol–water partition coefficient (Wildman–Crippen LogP) is 3.00. The molecular weight excluding hydrogens is 324 g/mol. The molecule has 0 bridgehead atoms. The second kappa shape index (κ2) is 6.30. The zero-order valence-electron chi connectivity index (χ0n) is 14.9. The van der Waals surface area contributed by atoms with Crippen LogP contribution in [0.3, 0.4) is 0 Å². The van der Waals surface area contributed by atoms with Gasteiger partial charge in [-0.1, -0.05) is 60.7 Å². The van der Waals surface area contributed by atoms with Crippen LogP contribution in [-0.2, 0) is 12.8 Å². The molecule has 4 nitrogen and oxygen atoms in total. The van der Waals surface area contributed by atoms with Gasteiger partial charge in [-0.2, -0.15) is 4.52 Å². The number of nitrogens with zero attached hydrogens (tertiary/aromatic N) is 2. The molecule has 26 heavy (non-hydrogen) atoms. The summed E-state index contributed by atoms with van der Waals surface area (Å²) in [6.07, 6.45) is 1.24. The van der Waals surface area contributed by atoms with Crippen molar-refractivity contribution in [2.24, 2.45) is 0 Å². The van der Waals surface area contributed by atoms with E-state index in [-0.39, 0.29) is 11.1 Å². The number of hydrogen-bond donors (Lipinski definition) is 0. The molecule has 4 rings (SSSR count). The van der Waals surface area contributed by atoms with Gasteiger partial charge in [-0.15, -0.1) is 0 Å². The SMILES string of the molecule is Cc1c(Cc2ccccc2)n2c(Cc3ccccc3)c(C)c(=O)n2c1=O. The summed E-state index contributed by atoms with van der Waals surface area (Å²) < 4.78 is 3.14. The van der Waals surface area contributed by atoms with E-state index in [9.17, 15) is 9.59 Å². The number of hydrogen-bond acceptors (Lipinski definition) is 2. The third kappa shape index (κ3) is 2.54. The van der Waals surface area contributed by atoms with Crippen LogP contribution >= 0.6 is 0 Å². The van der Waals surface area contributed by atoms with E-state index in [0.29, 0.717) is 24.0 Å². The summed E-state index contributed by atoms with van der Waals surface area (Å²) in [6.45, 7) is 3.61. The number of rotatable bonds is 4. The molecule has 2 heterocycles. The van der Waals surface area contributed by atoms with Gasteiger partial charge in [-0.05, 0) is 25.0 Å². The maximum absolute atomic E-state index is 12.7. The lowest BCUT2D eigenvalue weighted by atomic mass is 10.1. The van der Waals surface area contributed by atoms with Crippen LogP contribution in [0.1, 0.15) is 33.6 Å². The van der Waals surface area contributed by atoms with Gasteiger partial charge in [-0.25, -0.2) is 0 Å². The molecule has 0 aliphatic heterocycles. The topological polar surface area (TPSA) is 43.0 Å². The maximum Gasteiger partial charge on any atom is 0.277 e. The van der Waals surface area contributed by atoms with Crippen molar-refractivity contribution in [1.29, 1.82) is 0 Å². The van der Waals surface area contributed by atoms with Gasteiger partial charge in [0.05, 0.1) is 11.4 Å². The largest absolute Gasteiger partial charge is 0.277 e. The van der Waals surface area contributed by atoms with E-state index in [1.165, 1.54) is 4.52 Å². The zero-order chi connectivity index (χ0) is 18.3. The Morgan fingerprint density at radius 3 is 1.38 bits per heavy atom. The van der Waals surface area contributed by atoms with E-state index in [1.54, 1.807) is 0 Å². The smallest absolute Gasteiger partial charge is 0.267 e. The first-order valence-corrected chi connectivity index (χ1v) is 8.74. The highest BCUT2D eigenvalue weighted by molar-refractivity contribution is 5.34. The van der Waals surface area contributed by atoms with Crippen molar-refractivity contribution in [3.63, 3.8) is 0 Å². The van der Waals surface area contributed by atoms with Gasteiger partial charge >= 0.3 is 0 Å². The fourth-order valence-electron chi connectivity index (χ4n) is 3.55. The van der Waals surface area contributed by atoms with Crippen LogP contribution in [0, 0.1) is 13.8 Å². The molecule has 0 unspecified atom stereocenters. The average Bonchev–Trinajstić information content (AvgIpc) is 3.05. The van der Waals surface area contributed by atoms with Crippen LogP contribution in [-0.4, -0.2) is 9.03 Å². The minimum Gasteiger partial charge on any atom is -0.267 e. The molecular formula is C22H20N2O2. The number of aromatic nitrogens is 2. The molecule has 0 radical (unpaired) electrons. The van der Waals surface area contributed by atoms with Crippen LogP contribution in [0.5, 0.6) is 0 Å². The van der Waals surface area contributed by atoms with Crippen molar-refractivity contribution in [2.45, 2.75) is 26.7 Å². The average molecular weight is 344 g/mol. The van der Waals surface area contributed by atoms with E-state index < -0.39 is 0 Å². The predicted molar refractivity (Wildman–Crippen MR) is 103 cm³/mol. The normalized spacial score (nSPS) is 11.3. The monoisotopic (exact) mass is 344 g/mol. The molecule has 0 aliphatic carbocycles. The van der Waals surface area contributed by atoms with Gasteiger partial charge in [0.2, 0.25) is 0 Å². The fraction of sp³-hybridized carbons (Fsp3) is 0.182. The molecule has 0 saturated heterocycles. The van der Waals surface area contributed by atoms with E-state index in [4.69, 9.17) is 0 Å². The van der Waals surface area contributed by atoms with E-state index in [1.807, 2.05) is 79.0 Å². The van der Waals surface area contributed by atoms with E-state index in [2.05, 4.69) is 0 Å². The van der Waals surface area contributed by atoms with Gasteiger partial charge in [-0.3, -0.25) is 14.1 Å². The van der Waals surface area contributed by atoms with E-state index in [0.717, 1.165) is 22.5 Å². The standard InChI is InChI=1S/C22H20N2O2/c1-15-19(13-17-9-5-3-6-10-17)23-20(14-18-11-7-4-8-12-18)16(2)22(26)24(23)21(15)25/h3-12H,13-14H2,1-2H3. The second-order valence-electron chi connectivity index (χ2n) is 6.70. The molecule has 0 amide bonds. The van der Waals surface area contributed by atoms with Crippen molar-refractivity contribution < 1.29 is 0 Å². The highest BCUT2D eigenvalue weighted by atomic mass is 16.2. The van der Waals surface area contributed by atoms with Gasteiger partial charge < -0.3 is 0 Å². The summed E-state index contributed by atoms with van der Waals surface area (Å²) in [7, 11) is 0. The molecule has 0 aliphatic rings. The Labute approximate surface area is 151 Å². The zero-order valence-corrected chi connectivity index (χ0v) is 14.9. The highest BCUT2D eigenvalue weighted by Gasteiger charge is 2.22. The van der Waals surface area contributed by atoms with Crippen LogP contribution in [0.15, 0.2) is 70.3 Å². The molecule has 0 saturated carbocycles. The van der Waals surface area contributed by atoms with Crippen molar-refractivity contribution in [3.05, 3.63) is 115 Å². The molecule has 2 aromatic carbocycles. The maximum atomic E-state index is 12.7. The van der Waals surface area contributed by atoms with E-state index >= 15 is 0 Å². The minimum absolute atomic E-state index is 0.219. The van der Waals surface area contributed by atoms with Crippen LogP contribution in [0.4, 0.5) is 0 Å². The summed E-state index contributed by atoms with van der Waals surface area (Å²) in [6, 6.07) is 20.1. The first kappa shape index (κ1) is 16.3. The molecule has 4 aromatic rings.